The number of hydrogen-bond donors (Lipinski definition) is 2. The molecule has 0 saturated carbocycles. The maximum Gasteiger partial charge on any atom is 0.405 e. The molecule has 174 valence electrons. The summed E-state index contributed by atoms with van der Waals surface area (Å²) in [5.41, 5.74) is 1.41. The van der Waals surface area contributed by atoms with E-state index in [-0.39, 0.29) is 17.0 Å². The van der Waals surface area contributed by atoms with Crippen molar-refractivity contribution < 1.29 is 32.0 Å². The van der Waals surface area contributed by atoms with Gasteiger partial charge in [0, 0.05) is 16.1 Å². The molecule has 1 heterocycles. The van der Waals surface area contributed by atoms with Gasteiger partial charge in [-0.2, -0.15) is 13.2 Å². The standard InChI is InChI=1S/C22H19ClF3N3O4/c1-11-8-12(2)16(23)9-15(11)19-17(18(29-33-19)21(31)27-10-22(24,25)26)28-20(30)13-4-6-14(32-3)7-5-13/h4-9H,10H2,1-3H3,(H,27,31)(H,28,30). The van der Waals surface area contributed by atoms with Crippen molar-refractivity contribution >= 4 is 29.1 Å². The molecule has 0 aliphatic carbocycles. The van der Waals surface area contributed by atoms with Gasteiger partial charge < -0.3 is 19.9 Å². The van der Waals surface area contributed by atoms with Gasteiger partial charge in [0.25, 0.3) is 11.8 Å². The van der Waals surface area contributed by atoms with E-state index in [1.165, 1.54) is 19.2 Å². The molecular formula is C22H19ClF3N3O4. The van der Waals surface area contributed by atoms with Crippen molar-refractivity contribution in [3.05, 3.63) is 63.8 Å². The van der Waals surface area contributed by atoms with Crippen molar-refractivity contribution in [2.45, 2.75) is 20.0 Å². The second-order valence-corrected chi connectivity index (χ2v) is 7.54. The molecule has 3 rings (SSSR count). The number of nitrogens with one attached hydrogen (secondary N) is 2. The van der Waals surface area contributed by atoms with Gasteiger partial charge in [-0.05, 0) is 55.3 Å². The maximum absolute atomic E-state index is 12.8. The molecule has 0 saturated heterocycles. The molecule has 0 spiro atoms. The van der Waals surface area contributed by atoms with Crippen LogP contribution >= 0.6 is 11.6 Å². The van der Waals surface area contributed by atoms with Gasteiger partial charge in [0.15, 0.2) is 11.5 Å². The molecule has 7 nitrogen and oxygen atoms in total. The summed E-state index contributed by atoms with van der Waals surface area (Å²) in [5.74, 6) is -1.30. The second-order valence-electron chi connectivity index (χ2n) is 7.13. The average molecular weight is 482 g/mol. The fourth-order valence-electron chi connectivity index (χ4n) is 3.01. The Morgan fingerprint density at radius 1 is 1.09 bits per heavy atom. The van der Waals surface area contributed by atoms with Crippen molar-refractivity contribution in [1.29, 1.82) is 0 Å². The molecule has 2 amide bonds. The highest BCUT2D eigenvalue weighted by Crippen LogP contribution is 2.36. The number of ether oxygens (including phenoxy) is 1. The summed E-state index contributed by atoms with van der Waals surface area (Å²) in [5, 5.41) is 8.28. The summed E-state index contributed by atoms with van der Waals surface area (Å²) in [6, 6.07) is 9.41. The van der Waals surface area contributed by atoms with Crippen LogP contribution in [0.4, 0.5) is 18.9 Å². The highest BCUT2D eigenvalue weighted by molar-refractivity contribution is 6.31. The molecule has 1 aromatic heterocycles. The minimum atomic E-state index is -4.63. The van der Waals surface area contributed by atoms with Crippen LogP contribution in [0.2, 0.25) is 5.02 Å². The average Bonchev–Trinajstić information content (AvgIpc) is 3.17. The lowest BCUT2D eigenvalue weighted by Gasteiger charge is -2.11. The molecular weight excluding hydrogens is 463 g/mol. The third-order valence-electron chi connectivity index (χ3n) is 4.70. The van der Waals surface area contributed by atoms with Crippen molar-refractivity contribution in [3.8, 4) is 17.1 Å². The zero-order valence-electron chi connectivity index (χ0n) is 17.8. The Bertz CT molecular complexity index is 1190. The Kier molecular flexibility index (Phi) is 6.97. The number of aryl methyl sites for hydroxylation is 2. The van der Waals surface area contributed by atoms with Crippen molar-refractivity contribution in [2.24, 2.45) is 0 Å². The predicted molar refractivity (Wildman–Crippen MR) is 116 cm³/mol. The first-order valence-corrected chi connectivity index (χ1v) is 9.95. The van der Waals surface area contributed by atoms with Crippen LogP contribution in [-0.2, 0) is 0 Å². The van der Waals surface area contributed by atoms with Gasteiger partial charge in [0.05, 0.1) is 7.11 Å². The van der Waals surface area contributed by atoms with E-state index in [4.69, 9.17) is 20.9 Å². The number of anilines is 1. The van der Waals surface area contributed by atoms with Crippen LogP contribution in [0.1, 0.15) is 32.0 Å². The zero-order chi connectivity index (χ0) is 24.3. The summed E-state index contributed by atoms with van der Waals surface area (Å²) in [4.78, 5) is 25.3. The molecule has 3 aromatic rings. The van der Waals surface area contributed by atoms with Crippen LogP contribution in [0.25, 0.3) is 11.3 Å². The molecule has 0 aliphatic heterocycles. The third kappa shape index (κ3) is 5.64. The zero-order valence-corrected chi connectivity index (χ0v) is 18.5. The summed E-state index contributed by atoms with van der Waals surface area (Å²) in [7, 11) is 1.47. The Labute approximate surface area is 191 Å². The molecule has 0 aliphatic rings. The van der Waals surface area contributed by atoms with Crippen molar-refractivity contribution in [1.82, 2.24) is 10.5 Å². The number of aromatic nitrogens is 1. The lowest BCUT2D eigenvalue weighted by atomic mass is 10.0. The Morgan fingerprint density at radius 2 is 1.76 bits per heavy atom. The van der Waals surface area contributed by atoms with Crippen LogP contribution in [0.5, 0.6) is 5.75 Å². The monoisotopic (exact) mass is 481 g/mol. The van der Waals surface area contributed by atoms with Crippen molar-refractivity contribution in [2.75, 3.05) is 19.0 Å². The van der Waals surface area contributed by atoms with E-state index in [2.05, 4.69) is 10.5 Å². The lowest BCUT2D eigenvalue weighted by molar-refractivity contribution is -0.123. The Balaban J connectivity index is 2.03. The van der Waals surface area contributed by atoms with Crippen LogP contribution in [0.3, 0.4) is 0 Å². The summed E-state index contributed by atoms with van der Waals surface area (Å²) >= 11 is 6.22. The minimum Gasteiger partial charge on any atom is -0.497 e. The molecule has 0 fully saturated rings. The smallest absolute Gasteiger partial charge is 0.405 e. The van der Waals surface area contributed by atoms with E-state index in [1.54, 1.807) is 43.4 Å². The Hall–Kier alpha value is -3.53. The first-order chi connectivity index (χ1) is 15.5. The highest BCUT2D eigenvalue weighted by atomic mass is 35.5. The largest absolute Gasteiger partial charge is 0.497 e. The van der Waals surface area contributed by atoms with Gasteiger partial charge in [-0.1, -0.05) is 22.8 Å². The number of carbonyl (C=O) groups excluding carboxylic acids is 2. The van der Waals surface area contributed by atoms with E-state index in [0.717, 1.165) is 5.56 Å². The molecule has 2 aromatic carbocycles. The lowest BCUT2D eigenvalue weighted by Crippen LogP contribution is -2.34. The Morgan fingerprint density at radius 3 is 2.36 bits per heavy atom. The van der Waals surface area contributed by atoms with Crippen molar-refractivity contribution in [3.63, 3.8) is 0 Å². The first kappa shape index (κ1) is 24.1. The van der Waals surface area contributed by atoms with Gasteiger partial charge in [-0.3, -0.25) is 9.59 Å². The number of rotatable bonds is 6. The number of carbonyl (C=O) groups is 2. The number of alkyl halides is 3. The molecule has 0 radical (unpaired) electrons. The van der Waals surface area contributed by atoms with Gasteiger partial charge in [0.1, 0.15) is 18.0 Å². The summed E-state index contributed by atoms with van der Waals surface area (Å²) < 4.78 is 48.1. The number of hydrogen-bond acceptors (Lipinski definition) is 5. The molecule has 0 atom stereocenters. The van der Waals surface area contributed by atoms with Gasteiger partial charge >= 0.3 is 6.18 Å². The fraction of sp³-hybridized carbons (Fsp3) is 0.227. The summed E-state index contributed by atoms with van der Waals surface area (Å²) in [6.45, 7) is 1.97. The van der Waals surface area contributed by atoms with Crippen LogP contribution in [0.15, 0.2) is 40.9 Å². The molecule has 11 heteroatoms. The first-order valence-electron chi connectivity index (χ1n) is 9.57. The molecule has 33 heavy (non-hydrogen) atoms. The minimum absolute atomic E-state index is 0.0200. The molecule has 0 bridgehead atoms. The van der Waals surface area contributed by atoms with E-state index in [1.807, 2.05) is 0 Å². The number of benzene rings is 2. The SMILES string of the molecule is COc1ccc(C(=O)Nc2c(C(=O)NCC(F)(F)F)noc2-c2cc(Cl)c(C)cc2C)cc1. The normalized spacial score (nSPS) is 11.2. The topological polar surface area (TPSA) is 93.5 Å². The quantitative estimate of drug-likeness (QED) is 0.507. The van der Waals surface area contributed by atoms with E-state index in [9.17, 15) is 22.8 Å². The third-order valence-corrected chi connectivity index (χ3v) is 5.10. The van der Waals surface area contributed by atoms with Crippen LogP contribution < -0.4 is 15.4 Å². The second kappa shape index (κ2) is 9.53. The number of methoxy groups -OCH3 is 1. The highest BCUT2D eigenvalue weighted by Gasteiger charge is 2.31. The summed E-state index contributed by atoms with van der Waals surface area (Å²) in [6.07, 6.45) is -4.63. The van der Waals surface area contributed by atoms with E-state index >= 15 is 0 Å². The number of amides is 2. The van der Waals surface area contributed by atoms with Gasteiger partial charge in [0.2, 0.25) is 0 Å². The van der Waals surface area contributed by atoms with E-state index in [0.29, 0.717) is 21.9 Å². The number of nitrogens with zero attached hydrogens (tertiary/aromatic N) is 1. The van der Waals surface area contributed by atoms with Gasteiger partial charge in [-0.15, -0.1) is 0 Å². The maximum atomic E-state index is 12.8. The molecule has 2 N–H and O–H groups in total. The van der Waals surface area contributed by atoms with Crippen LogP contribution in [-0.4, -0.2) is 36.8 Å². The number of halogens is 4. The fourth-order valence-corrected chi connectivity index (χ4v) is 3.17. The molecule has 0 unspecified atom stereocenters. The predicted octanol–water partition coefficient (Wildman–Crippen LogP) is 5.16. The van der Waals surface area contributed by atoms with Crippen LogP contribution in [0, 0.1) is 13.8 Å². The van der Waals surface area contributed by atoms with Gasteiger partial charge in [-0.25, -0.2) is 0 Å². The van der Waals surface area contributed by atoms with E-state index < -0.39 is 30.2 Å².